The number of unbranched alkanes of at least 4 members (excludes halogenated alkanes) is 1. The van der Waals surface area contributed by atoms with E-state index in [9.17, 15) is 19.6 Å². The number of nitrogens with zero attached hydrogens (tertiary/aromatic N) is 4. The molecule has 244 valence electrons. The van der Waals surface area contributed by atoms with E-state index < -0.39 is 50.4 Å². The molecule has 0 radical (unpaired) electrons. The quantitative estimate of drug-likeness (QED) is 0.0721. The minimum Gasteiger partial charge on any atom is -0.476 e. The third kappa shape index (κ3) is 8.25. The van der Waals surface area contributed by atoms with Crippen molar-refractivity contribution >= 4 is 30.8 Å². The van der Waals surface area contributed by atoms with Gasteiger partial charge in [-0.3, -0.25) is 13.9 Å². The van der Waals surface area contributed by atoms with Gasteiger partial charge in [0, 0.05) is 0 Å². The predicted octanol–water partition coefficient (Wildman–Crippen LogP) is 3.06. The molecule has 45 heavy (non-hydrogen) atoms. The molecule has 6 atom stereocenters. The Morgan fingerprint density at radius 3 is 2.69 bits per heavy atom. The van der Waals surface area contributed by atoms with Gasteiger partial charge in [-0.05, 0) is 45.2 Å². The molecule has 1 aliphatic rings. The number of nitrogen functional groups attached to an aromatic ring is 1. The van der Waals surface area contributed by atoms with Crippen molar-refractivity contribution in [2.45, 2.75) is 63.2 Å². The molecule has 16 heteroatoms. The first-order valence-electron chi connectivity index (χ1n) is 14.3. The van der Waals surface area contributed by atoms with Crippen molar-refractivity contribution in [3.8, 4) is 11.6 Å². The van der Waals surface area contributed by atoms with Crippen LogP contribution in [-0.4, -0.2) is 79.4 Å². The summed E-state index contributed by atoms with van der Waals surface area (Å²) in [6.45, 7) is 10.0. The van der Waals surface area contributed by atoms with Crippen molar-refractivity contribution in [2.24, 2.45) is 0 Å². The van der Waals surface area contributed by atoms with Crippen LogP contribution in [0.15, 0.2) is 62.0 Å². The van der Waals surface area contributed by atoms with E-state index >= 15 is 0 Å². The summed E-state index contributed by atoms with van der Waals surface area (Å²) >= 11 is 0. The number of para-hydroxylation sites is 1. The van der Waals surface area contributed by atoms with Crippen LogP contribution in [0.5, 0.6) is 11.6 Å². The first kappa shape index (κ1) is 34.0. The number of fused-ring (bicyclic) bond motifs is 1. The summed E-state index contributed by atoms with van der Waals surface area (Å²) in [6, 6.07) is 7.12. The highest BCUT2D eigenvalue weighted by molar-refractivity contribution is 7.52. The normalized spacial score (nSPS) is 23.2. The Hall–Kier alpha value is -3.85. The lowest BCUT2D eigenvalue weighted by atomic mass is 9.96. The van der Waals surface area contributed by atoms with Gasteiger partial charge in [-0.15, -0.1) is 13.2 Å². The Kier molecular flexibility index (Phi) is 11.3. The number of aliphatic hydroxyl groups is 2. The number of hydrogen-bond acceptors (Lipinski definition) is 13. The average molecular weight is 647 g/mol. The highest BCUT2D eigenvalue weighted by Crippen LogP contribution is 2.47. The van der Waals surface area contributed by atoms with Crippen LogP contribution >= 0.6 is 7.75 Å². The van der Waals surface area contributed by atoms with Gasteiger partial charge in [-0.25, -0.2) is 9.55 Å². The average Bonchev–Trinajstić information content (AvgIpc) is 3.51. The van der Waals surface area contributed by atoms with E-state index in [1.54, 1.807) is 42.5 Å². The second kappa shape index (κ2) is 15.0. The number of anilines is 1. The third-order valence-corrected chi connectivity index (χ3v) is 8.50. The summed E-state index contributed by atoms with van der Waals surface area (Å²) in [5.41, 5.74) is 4.47. The topological polar surface area (TPSA) is 202 Å². The molecule has 0 bridgehead atoms. The Balaban J connectivity index is 1.52. The molecule has 2 aromatic heterocycles. The maximum atomic E-state index is 13.9. The summed E-state index contributed by atoms with van der Waals surface area (Å²) < 4.78 is 43.6. The first-order chi connectivity index (χ1) is 21.5. The van der Waals surface area contributed by atoms with Gasteiger partial charge >= 0.3 is 13.7 Å². The smallest absolute Gasteiger partial charge is 0.459 e. The number of carbonyl (C=O) groups excluding carboxylic acids is 1. The molecule has 4 rings (SSSR count). The van der Waals surface area contributed by atoms with Crippen LogP contribution in [0, 0.1) is 0 Å². The van der Waals surface area contributed by atoms with Gasteiger partial charge in [0.15, 0.2) is 17.4 Å². The van der Waals surface area contributed by atoms with Crippen LogP contribution < -0.4 is 20.1 Å². The minimum absolute atomic E-state index is 0.102. The lowest BCUT2D eigenvalue weighted by Crippen LogP contribution is -2.44. The number of rotatable bonds is 17. The molecule has 1 aromatic carbocycles. The van der Waals surface area contributed by atoms with Gasteiger partial charge in [0.1, 0.15) is 29.6 Å². The highest BCUT2D eigenvalue weighted by atomic mass is 31.2. The summed E-state index contributed by atoms with van der Waals surface area (Å²) in [5.74, 6) is -0.435. The summed E-state index contributed by atoms with van der Waals surface area (Å²) in [5, 5.41) is 25.0. The van der Waals surface area contributed by atoms with Crippen LogP contribution in [0.25, 0.3) is 11.2 Å². The van der Waals surface area contributed by atoms with Crippen LogP contribution in [0.1, 0.15) is 39.3 Å². The molecule has 0 spiro atoms. The van der Waals surface area contributed by atoms with Crippen LogP contribution in [-0.2, 0) is 23.4 Å². The molecule has 5 N–H and O–H groups in total. The standard InChI is InChI=1S/C29H39N6O9P/c1-5-7-12-16-41-26(37)19(3)34-45(39,44-20-13-10-9-11-14-20)42-17-21-23(36)29(4,38)27(43-21)35-18-31-22-24(35)32-28(30)33-25(22)40-15-8-6-2/h5-6,9-11,13-14,18-19,21,23,27,36,38H,1-2,7-8,12,15-17H2,3-4H3,(H,34,39)(H2,30,32,33)/t19-,21?,23+,27?,29+,45?/m0/s1. The zero-order valence-electron chi connectivity index (χ0n) is 25.2. The number of imidazole rings is 1. The zero-order chi connectivity index (χ0) is 32.6. The summed E-state index contributed by atoms with van der Waals surface area (Å²) in [6.07, 6.45) is 2.59. The Morgan fingerprint density at radius 1 is 1.24 bits per heavy atom. The number of nitrogens with two attached hydrogens (primary N) is 1. The largest absolute Gasteiger partial charge is 0.476 e. The number of carbonyl (C=O) groups is 1. The number of aliphatic hydroxyl groups excluding tert-OH is 1. The molecule has 0 amide bonds. The Bertz CT molecular complexity index is 1520. The second-order valence-electron chi connectivity index (χ2n) is 10.5. The Labute approximate surface area is 260 Å². The van der Waals surface area contributed by atoms with Crippen molar-refractivity contribution in [3.05, 3.63) is 62.0 Å². The molecule has 1 saturated heterocycles. The molecular weight excluding hydrogens is 607 g/mol. The fourth-order valence-electron chi connectivity index (χ4n) is 4.49. The number of ether oxygens (including phenoxy) is 3. The molecule has 1 fully saturated rings. The van der Waals surface area contributed by atoms with Gasteiger partial charge in [-0.2, -0.15) is 15.1 Å². The highest BCUT2D eigenvalue weighted by Gasteiger charge is 2.54. The van der Waals surface area contributed by atoms with Crippen molar-refractivity contribution in [1.29, 1.82) is 0 Å². The lowest BCUT2D eigenvalue weighted by molar-refractivity contribution is -0.145. The molecule has 3 heterocycles. The number of nitrogens with one attached hydrogen (secondary N) is 1. The maximum absolute atomic E-state index is 13.9. The first-order valence-corrected chi connectivity index (χ1v) is 15.9. The fraction of sp³-hybridized carbons (Fsp3) is 0.448. The maximum Gasteiger partial charge on any atom is 0.459 e. The monoisotopic (exact) mass is 646 g/mol. The van der Waals surface area contributed by atoms with Crippen LogP contribution in [0.3, 0.4) is 0 Å². The van der Waals surface area contributed by atoms with Crippen molar-refractivity contribution in [3.63, 3.8) is 0 Å². The molecular formula is C29H39N6O9P. The fourth-order valence-corrected chi connectivity index (χ4v) is 5.99. The third-order valence-electron chi connectivity index (χ3n) is 6.85. The van der Waals surface area contributed by atoms with E-state index in [-0.39, 0.29) is 42.0 Å². The molecule has 0 saturated carbocycles. The van der Waals surface area contributed by atoms with Gasteiger partial charge < -0.3 is 34.7 Å². The lowest BCUT2D eigenvalue weighted by Gasteiger charge is -2.27. The van der Waals surface area contributed by atoms with Crippen molar-refractivity contribution in [2.75, 3.05) is 25.6 Å². The Morgan fingerprint density at radius 2 is 1.98 bits per heavy atom. The van der Waals surface area contributed by atoms with E-state index in [0.717, 1.165) is 0 Å². The van der Waals surface area contributed by atoms with E-state index in [2.05, 4.69) is 33.2 Å². The molecule has 3 aromatic rings. The van der Waals surface area contributed by atoms with E-state index in [0.29, 0.717) is 19.3 Å². The van der Waals surface area contributed by atoms with Crippen molar-refractivity contribution < 1.29 is 42.8 Å². The number of hydrogen-bond donors (Lipinski definition) is 4. The number of esters is 1. The number of allylic oxidation sites excluding steroid dienone is 1. The summed E-state index contributed by atoms with van der Waals surface area (Å²) in [4.78, 5) is 25.2. The van der Waals surface area contributed by atoms with Gasteiger partial charge in [0.05, 0.1) is 26.1 Å². The number of aromatic nitrogens is 4. The van der Waals surface area contributed by atoms with E-state index in [1.807, 2.05) is 0 Å². The number of benzene rings is 1. The molecule has 3 unspecified atom stereocenters. The van der Waals surface area contributed by atoms with Crippen LogP contribution in [0.2, 0.25) is 0 Å². The SMILES string of the molecule is C=CCCCOC(=O)[C@H](C)NP(=O)(OCC1OC(n2cnc3c(OCCC=C)nc(N)nc32)[C@](C)(O)[C@@H]1O)Oc1ccccc1. The summed E-state index contributed by atoms with van der Waals surface area (Å²) in [7, 11) is -4.28. The van der Waals surface area contributed by atoms with Gasteiger partial charge in [0.25, 0.3) is 0 Å². The second-order valence-corrected chi connectivity index (χ2v) is 12.2. The molecule has 1 aliphatic heterocycles. The zero-order valence-corrected chi connectivity index (χ0v) is 26.0. The van der Waals surface area contributed by atoms with Crippen molar-refractivity contribution in [1.82, 2.24) is 24.6 Å². The van der Waals surface area contributed by atoms with Gasteiger partial charge in [0.2, 0.25) is 11.8 Å². The van der Waals surface area contributed by atoms with Crippen LogP contribution in [0.4, 0.5) is 5.95 Å². The van der Waals surface area contributed by atoms with E-state index in [4.69, 9.17) is 29.0 Å². The predicted molar refractivity (Wildman–Crippen MR) is 164 cm³/mol. The van der Waals surface area contributed by atoms with E-state index in [1.165, 1.54) is 24.7 Å². The molecule has 0 aliphatic carbocycles. The minimum atomic E-state index is -4.28. The van der Waals surface area contributed by atoms with Gasteiger partial charge in [-0.1, -0.05) is 30.4 Å². The molecule has 15 nitrogen and oxygen atoms in total.